The number of aliphatic imine (C=N–C) groups is 1. The van der Waals surface area contributed by atoms with E-state index in [1.54, 1.807) is 32.0 Å². The molecule has 4 atom stereocenters. The van der Waals surface area contributed by atoms with Crippen molar-refractivity contribution in [1.29, 1.82) is 0 Å². The lowest BCUT2D eigenvalue weighted by molar-refractivity contribution is -0.152. The van der Waals surface area contributed by atoms with Gasteiger partial charge in [0.25, 0.3) is 0 Å². The minimum atomic E-state index is -0.896. The number of nitrogens with zero attached hydrogens (tertiary/aromatic N) is 1. The number of rotatable bonds is 4. The summed E-state index contributed by atoms with van der Waals surface area (Å²) in [7, 11) is 1.27. The fourth-order valence-corrected chi connectivity index (χ4v) is 4.57. The third-order valence-corrected chi connectivity index (χ3v) is 5.81. The highest BCUT2D eigenvalue weighted by molar-refractivity contribution is 6.30. The van der Waals surface area contributed by atoms with Gasteiger partial charge in [0.15, 0.2) is 5.78 Å². The summed E-state index contributed by atoms with van der Waals surface area (Å²) in [5.41, 5.74) is 2.24. The monoisotopic (exact) mass is 417 g/mol. The Balaban J connectivity index is 2.18. The predicted octanol–water partition coefficient (Wildman–Crippen LogP) is 3.73. The third kappa shape index (κ3) is 3.86. The summed E-state index contributed by atoms with van der Waals surface area (Å²) in [6.45, 7) is 5.51. The number of carbonyl (C=O) groups is 3. The van der Waals surface area contributed by atoms with Gasteiger partial charge in [-0.05, 0) is 43.9 Å². The Labute approximate surface area is 174 Å². The summed E-state index contributed by atoms with van der Waals surface area (Å²) >= 11 is 6.20. The van der Waals surface area contributed by atoms with Crippen LogP contribution in [0.3, 0.4) is 0 Å². The normalized spacial score (nSPS) is 26.5. The molecule has 1 aromatic carbocycles. The highest BCUT2D eigenvalue weighted by Gasteiger charge is 2.51. The van der Waals surface area contributed by atoms with E-state index in [0.717, 1.165) is 0 Å². The predicted molar refractivity (Wildman–Crippen MR) is 109 cm³/mol. The maximum atomic E-state index is 13.5. The van der Waals surface area contributed by atoms with Gasteiger partial charge in [-0.2, -0.15) is 0 Å². The van der Waals surface area contributed by atoms with Gasteiger partial charge in [0.2, 0.25) is 0 Å². The number of halogens is 1. The maximum Gasteiger partial charge on any atom is 0.336 e. The van der Waals surface area contributed by atoms with E-state index in [-0.39, 0.29) is 18.3 Å². The average Bonchev–Trinajstić information content (AvgIpc) is 2.66. The van der Waals surface area contributed by atoms with Gasteiger partial charge in [-0.1, -0.05) is 30.7 Å². The molecular formula is C22H24ClNO5. The molecular weight excluding hydrogens is 394 g/mol. The van der Waals surface area contributed by atoms with Crippen molar-refractivity contribution in [2.45, 2.75) is 33.1 Å². The first-order valence-corrected chi connectivity index (χ1v) is 10.00. The first kappa shape index (κ1) is 21.2. The van der Waals surface area contributed by atoms with Crippen LogP contribution in [-0.4, -0.2) is 37.2 Å². The summed E-state index contributed by atoms with van der Waals surface area (Å²) in [6, 6.07) is 7.06. The Kier molecular flexibility index (Phi) is 6.22. The standard InChI is InChI=1S/C22H24ClNO5/c1-5-29-22(27)17-12(3)24-15-9-11(2)16(21(26)28-4)20(25)19(15)18(17)13-7-6-8-14(23)10-13/h6-8,10-11,16,18-19H,5,9H2,1-4H3/t11-,16+,18+,19+/m1/s1. The average molecular weight is 418 g/mol. The number of carbonyl (C=O) groups excluding carboxylic acids is 3. The van der Waals surface area contributed by atoms with Crippen LogP contribution in [0.5, 0.6) is 0 Å². The number of ketones is 1. The van der Waals surface area contributed by atoms with Crippen molar-refractivity contribution in [3.63, 3.8) is 0 Å². The Hall–Kier alpha value is -2.47. The fourth-order valence-electron chi connectivity index (χ4n) is 4.37. The van der Waals surface area contributed by atoms with Crippen LogP contribution in [0.1, 0.15) is 38.7 Å². The maximum absolute atomic E-state index is 13.5. The van der Waals surface area contributed by atoms with Crippen LogP contribution in [-0.2, 0) is 23.9 Å². The molecule has 6 nitrogen and oxygen atoms in total. The number of hydrogen-bond acceptors (Lipinski definition) is 6. The number of esters is 2. The number of ether oxygens (including phenoxy) is 2. The van der Waals surface area contributed by atoms with Gasteiger partial charge in [-0.15, -0.1) is 0 Å². The zero-order valence-electron chi connectivity index (χ0n) is 16.9. The van der Waals surface area contributed by atoms with Crippen LogP contribution in [0.15, 0.2) is 40.5 Å². The van der Waals surface area contributed by atoms with Gasteiger partial charge in [0.05, 0.1) is 25.2 Å². The third-order valence-electron chi connectivity index (χ3n) is 5.58. The first-order valence-electron chi connectivity index (χ1n) is 9.62. The number of benzene rings is 1. The molecule has 1 fully saturated rings. The van der Waals surface area contributed by atoms with E-state index in [1.165, 1.54) is 7.11 Å². The lowest BCUT2D eigenvalue weighted by atomic mass is 9.64. The van der Waals surface area contributed by atoms with Crippen LogP contribution >= 0.6 is 11.6 Å². The molecule has 1 aliphatic carbocycles. The second kappa shape index (κ2) is 8.49. The zero-order valence-corrected chi connectivity index (χ0v) is 17.7. The molecule has 0 bridgehead atoms. The second-order valence-corrected chi connectivity index (χ2v) is 7.85. The number of hydrogen-bond donors (Lipinski definition) is 0. The quantitative estimate of drug-likeness (QED) is 0.550. The van der Waals surface area contributed by atoms with Gasteiger partial charge >= 0.3 is 11.9 Å². The van der Waals surface area contributed by atoms with E-state index < -0.39 is 29.7 Å². The molecule has 154 valence electrons. The summed E-state index contributed by atoms with van der Waals surface area (Å²) in [6.07, 6.45) is 0.473. The highest BCUT2D eigenvalue weighted by atomic mass is 35.5. The van der Waals surface area contributed by atoms with Crippen molar-refractivity contribution < 1.29 is 23.9 Å². The molecule has 0 aromatic heterocycles. The SMILES string of the molecule is CCOC(=O)C1=C(C)N=C2C[C@@H](C)[C@H](C(=O)OC)C(=O)[C@@H]2[C@H]1c1cccc(Cl)c1. The molecule has 0 N–H and O–H groups in total. The minimum absolute atomic E-state index is 0.203. The highest BCUT2D eigenvalue weighted by Crippen LogP contribution is 2.46. The fraction of sp³-hybridized carbons (Fsp3) is 0.455. The van der Waals surface area contributed by atoms with Gasteiger partial charge in [-0.25, -0.2) is 4.79 Å². The van der Waals surface area contributed by atoms with Gasteiger partial charge in [0.1, 0.15) is 5.92 Å². The second-order valence-electron chi connectivity index (χ2n) is 7.42. The summed E-state index contributed by atoms with van der Waals surface area (Å²) < 4.78 is 10.1. The topological polar surface area (TPSA) is 82.0 Å². The van der Waals surface area contributed by atoms with Crippen LogP contribution in [0, 0.1) is 17.8 Å². The van der Waals surface area contributed by atoms with Crippen LogP contribution in [0.4, 0.5) is 0 Å². The molecule has 29 heavy (non-hydrogen) atoms. The first-order chi connectivity index (χ1) is 13.8. The molecule has 0 spiro atoms. The lowest BCUT2D eigenvalue weighted by Crippen LogP contribution is -2.48. The molecule has 0 saturated heterocycles. The molecule has 2 aliphatic rings. The number of Topliss-reactive ketones (excluding diaryl/α,β-unsaturated/α-hetero) is 1. The van der Waals surface area contributed by atoms with E-state index in [4.69, 9.17) is 21.1 Å². The lowest BCUT2D eigenvalue weighted by Gasteiger charge is -2.40. The molecule has 1 heterocycles. The summed E-state index contributed by atoms with van der Waals surface area (Å²) in [5.74, 6) is -3.85. The Morgan fingerprint density at radius 2 is 2.00 bits per heavy atom. The largest absolute Gasteiger partial charge is 0.468 e. The molecule has 0 amide bonds. The minimum Gasteiger partial charge on any atom is -0.468 e. The number of allylic oxidation sites excluding steroid dienone is 1. The van der Waals surface area contributed by atoms with E-state index in [2.05, 4.69) is 4.99 Å². The zero-order chi connectivity index (χ0) is 21.3. The Morgan fingerprint density at radius 3 is 2.62 bits per heavy atom. The van der Waals surface area contributed by atoms with E-state index in [9.17, 15) is 14.4 Å². The van der Waals surface area contributed by atoms with Crippen molar-refractivity contribution >= 4 is 35.0 Å². The van der Waals surface area contributed by atoms with Gasteiger partial charge < -0.3 is 9.47 Å². The van der Waals surface area contributed by atoms with Crippen molar-refractivity contribution in [3.8, 4) is 0 Å². The molecule has 0 radical (unpaired) electrons. The van der Waals surface area contributed by atoms with Gasteiger partial charge in [-0.3, -0.25) is 14.6 Å². The van der Waals surface area contributed by atoms with Crippen molar-refractivity contribution in [2.24, 2.45) is 22.7 Å². The molecule has 1 aromatic rings. The van der Waals surface area contributed by atoms with Crippen molar-refractivity contribution in [3.05, 3.63) is 46.1 Å². The van der Waals surface area contributed by atoms with Gasteiger partial charge in [0, 0.05) is 22.3 Å². The van der Waals surface area contributed by atoms with Crippen molar-refractivity contribution in [1.82, 2.24) is 0 Å². The van der Waals surface area contributed by atoms with Crippen LogP contribution in [0.25, 0.3) is 0 Å². The van der Waals surface area contributed by atoms with E-state index >= 15 is 0 Å². The molecule has 1 aliphatic heterocycles. The van der Waals surface area contributed by atoms with Crippen LogP contribution < -0.4 is 0 Å². The molecule has 3 rings (SSSR count). The van der Waals surface area contributed by atoms with Crippen molar-refractivity contribution in [2.75, 3.05) is 13.7 Å². The summed E-state index contributed by atoms with van der Waals surface area (Å²) in [4.78, 5) is 43.2. The Bertz CT molecular complexity index is 920. The summed E-state index contributed by atoms with van der Waals surface area (Å²) in [5, 5.41) is 0.494. The number of fused-ring (bicyclic) bond motifs is 1. The molecule has 7 heteroatoms. The van der Waals surface area contributed by atoms with E-state index in [1.807, 2.05) is 13.0 Å². The molecule has 1 saturated carbocycles. The Morgan fingerprint density at radius 1 is 1.28 bits per heavy atom. The smallest absolute Gasteiger partial charge is 0.336 e. The number of methoxy groups -OCH3 is 1. The van der Waals surface area contributed by atoms with Crippen LogP contribution in [0.2, 0.25) is 5.02 Å². The molecule has 0 unspecified atom stereocenters. The van der Waals surface area contributed by atoms with E-state index in [0.29, 0.717) is 34.0 Å².